The number of carbonyl (C=O) groups is 2. The van der Waals surface area contributed by atoms with E-state index in [1.54, 1.807) is 82.4 Å². The van der Waals surface area contributed by atoms with Crippen molar-refractivity contribution in [1.82, 2.24) is 19.6 Å². The Hall–Kier alpha value is -3.66. The summed E-state index contributed by atoms with van der Waals surface area (Å²) in [5.41, 5.74) is 1.88. The van der Waals surface area contributed by atoms with Gasteiger partial charge in [0.25, 0.3) is 0 Å². The Kier molecular flexibility index (Phi) is 8.15. The fraction of sp³-hybridized carbons (Fsp3) is 0.167. The van der Waals surface area contributed by atoms with E-state index in [9.17, 15) is 9.59 Å². The number of rotatable bonds is 10. The van der Waals surface area contributed by atoms with E-state index in [1.807, 2.05) is 0 Å². The Balaban J connectivity index is 1.12. The lowest BCUT2D eigenvalue weighted by Crippen LogP contribution is -2.15. The number of benzene rings is 2. The van der Waals surface area contributed by atoms with Crippen LogP contribution < -0.4 is 0 Å². The molecule has 0 amide bonds. The average molecular weight is 515 g/mol. The van der Waals surface area contributed by atoms with E-state index in [0.717, 1.165) is 11.4 Å². The minimum atomic E-state index is -0.566. The fourth-order valence-corrected chi connectivity index (χ4v) is 3.23. The van der Waals surface area contributed by atoms with Crippen molar-refractivity contribution >= 4 is 35.1 Å². The molecule has 11 heteroatoms. The van der Waals surface area contributed by atoms with Crippen molar-refractivity contribution < 1.29 is 23.8 Å². The van der Waals surface area contributed by atoms with Gasteiger partial charge in [-0.15, -0.1) is 0 Å². The van der Waals surface area contributed by atoms with E-state index in [0.29, 0.717) is 10.0 Å². The zero-order valence-electron chi connectivity index (χ0n) is 18.3. The lowest BCUT2D eigenvalue weighted by Gasteiger charge is -2.06. The Morgan fingerprint density at radius 3 is 1.43 bits per heavy atom. The van der Waals surface area contributed by atoms with Crippen molar-refractivity contribution in [1.29, 1.82) is 0 Å². The van der Waals surface area contributed by atoms with Crippen LogP contribution in [0.15, 0.2) is 73.1 Å². The van der Waals surface area contributed by atoms with Gasteiger partial charge in [-0.25, -0.2) is 19.0 Å². The average Bonchev–Trinajstić information content (AvgIpc) is 3.55. The zero-order chi connectivity index (χ0) is 24.6. The maximum atomic E-state index is 12.1. The topological polar surface area (TPSA) is 97.5 Å². The molecule has 4 rings (SSSR count). The summed E-state index contributed by atoms with van der Waals surface area (Å²) >= 11 is 11.8. The van der Waals surface area contributed by atoms with Crippen LogP contribution in [-0.2, 0) is 14.2 Å². The standard InChI is InChI=1S/C24H20Cl2N4O5/c25-17-1-5-19(6-2-17)29-11-9-21(27-29)23(31)34-15-13-33-14-16-35-24(32)22-10-12-30(28-22)20-7-3-18(26)4-8-20/h1-12H,13-16H2. The van der Waals surface area contributed by atoms with Gasteiger partial charge in [0.2, 0.25) is 0 Å². The number of esters is 2. The summed E-state index contributed by atoms with van der Waals surface area (Å²) in [6.45, 7) is 0.358. The van der Waals surface area contributed by atoms with Crippen molar-refractivity contribution in [2.75, 3.05) is 26.4 Å². The molecule has 0 bridgehead atoms. The second-order valence-electron chi connectivity index (χ2n) is 7.13. The summed E-state index contributed by atoms with van der Waals surface area (Å²) in [5, 5.41) is 9.62. The molecule has 0 saturated heterocycles. The van der Waals surface area contributed by atoms with Crippen molar-refractivity contribution in [3.63, 3.8) is 0 Å². The quantitative estimate of drug-likeness (QED) is 0.228. The molecule has 180 valence electrons. The van der Waals surface area contributed by atoms with Gasteiger partial charge in [-0.3, -0.25) is 0 Å². The van der Waals surface area contributed by atoms with E-state index in [-0.39, 0.29) is 37.8 Å². The molecular formula is C24H20Cl2N4O5. The molecule has 2 aromatic carbocycles. The molecule has 35 heavy (non-hydrogen) atoms. The minimum Gasteiger partial charge on any atom is -0.458 e. The molecule has 2 heterocycles. The molecule has 0 aliphatic rings. The van der Waals surface area contributed by atoms with E-state index in [2.05, 4.69) is 10.2 Å². The first-order chi connectivity index (χ1) is 17.0. The van der Waals surface area contributed by atoms with Crippen LogP contribution in [0.5, 0.6) is 0 Å². The Labute approximate surface area is 210 Å². The van der Waals surface area contributed by atoms with E-state index < -0.39 is 11.9 Å². The lowest BCUT2D eigenvalue weighted by atomic mass is 10.3. The van der Waals surface area contributed by atoms with Crippen LogP contribution >= 0.6 is 23.2 Å². The minimum absolute atomic E-state index is 0.0338. The van der Waals surface area contributed by atoms with Crippen LogP contribution in [0.25, 0.3) is 11.4 Å². The highest BCUT2D eigenvalue weighted by Crippen LogP contribution is 2.14. The third-order valence-electron chi connectivity index (χ3n) is 4.70. The summed E-state index contributed by atoms with van der Waals surface area (Å²) in [4.78, 5) is 24.3. The number of ether oxygens (including phenoxy) is 3. The molecule has 9 nitrogen and oxygen atoms in total. The molecule has 0 aliphatic carbocycles. The Bertz CT molecular complexity index is 1190. The molecule has 0 aliphatic heterocycles. The van der Waals surface area contributed by atoms with E-state index >= 15 is 0 Å². The largest absolute Gasteiger partial charge is 0.458 e. The molecule has 0 N–H and O–H groups in total. The van der Waals surface area contributed by atoms with Gasteiger partial charge < -0.3 is 14.2 Å². The highest BCUT2D eigenvalue weighted by Gasteiger charge is 2.13. The van der Waals surface area contributed by atoms with Gasteiger partial charge in [-0.05, 0) is 60.7 Å². The molecular weight excluding hydrogens is 495 g/mol. The molecule has 0 spiro atoms. The normalized spacial score (nSPS) is 10.8. The van der Waals surface area contributed by atoms with Crippen molar-refractivity contribution in [2.24, 2.45) is 0 Å². The SMILES string of the molecule is O=C(OCCOCCOC(=O)c1ccn(-c2ccc(Cl)cc2)n1)c1ccn(-c2ccc(Cl)cc2)n1. The van der Waals surface area contributed by atoms with Gasteiger partial charge in [0.15, 0.2) is 11.4 Å². The number of carbonyl (C=O) groups excluding carboxylic acids is 2. The third-order valence-corrected chi connectivity index (χ3v) is 5.20. The van der Waals surface area contributed by atoms with Crippen LogP contribution in [0.3, 0.4) is 0 Å². The predicted octanol–water partition coefficient (Wildman–Crippen LogP) is 4.40. The van der Waals surface area contributed by atoms with Crippen LogP contribution in [-0.4, -0.2) is 57.9 Å². The highest BCUT2D eigenvalue weighted by molar-refractivity contribution is 6.30. The molecule has 2 aromatic heterocycles. The molecule has 0 saturated carbocycles. The maximum Gasteiger partial charge on any atom is 0.358 e. The number of hydrogen-bond acceptors (Lipinski definition) is 7. The van der Waals surface area contributed by atoms with E-state index in [4.69, 9.17) is 37.4 Å². The predicted molar refractivity (Wildman–Crippen MR) is 129 cm³/mol. The molecule has 4 aromatic rings. The summed E-state index contributed by atoms with van der Waals surface area (Å²) in [6.07, 6.45) is 3.31. The zero-order valence-corrected chi connectivity index (χ0v) is 19.9. The van der Waals surface area contributed by atoms with Gasteiger partial charge in [0.05, 0.1) is 24.6 Å². The van der Waals surface area contributed by atoms with Crippen LogP contribution in [0.4, 0.5) is 0 Å². The molecule has 0 unspecified atom stereocenters. The number of aromatic nitrogens is 4. The van der Waals surface area contributed by atoms with Gasteiger partial charge >= 0.3 is 11.9 Å². The first kappa shape index (κ1) is 24.5. The van der Waals surface area contributed by atoms with Gasteiger partial charge in [-0.2, -0.15) is 10.2 Å². The van der Waals surface area contributed by atoms with Crippen LogP contribution in [0.2, 0.25) is 10.0 Å². The van der Waals surface area contributed by atoms with E-state index in [1.165, 1.54) is 0 Å². The first-order valence-corrected chi connectivity index (χ1v) is 11.3. The summed E-state index contributed by atoms with van der Waals surface area (Å²) in [6, 6.07) is 17.2. The molecule has 0 radical (unpaired) electrons. The number of halogens is 2. The monoisotopic (exact) mass is 514 g/mol. The van der Waals surface area contributed by atoms with Gasteiger partial charge in [-0.1, -0.05) is 23.2 Å². The van der Waals surface area contributed by atoms with Gasteiger partial charge in [0, 0.05) is 22.4 Å². The van der Waals surface area contributed by atoms with Crippen molar-refractivity contribution in [2.45, 2.75) is 0 Å². The lowest BCUT2D eigenvalue weighted by molar-refractivity contribution is 0.0145. The maximum absolute atomic E-state index is 12.1. The molecule has 0 atom stereocenters. The van der Waals surface area contributed by atoms with Gasteiger partial charge in [0.1, 0.15) is 13.2 Å². The van der Waals surface area contributed by atoms with Crippen molar-refractivity contribution in [3.8, 4) is 11.4 Å². The smallest absolute Gasteiger partial charge is 0.358 e. The summed E-state index contributed by atoms with van der Waals surface area (Å²) in [7, 11) is 0. The Morgan fingerprint density at radius 1 is 0.629 bits per heavy atom. The number of nitrogens with zero attached hydrogens (tertiary/aromatic N) is 4. The van der Waals surface area contributed by atoms with Crippen molar-refractivity contribution in [3.05, 3.63) is 94.5 Å². The fourth-order valence-electron chi connectivity index (χ4n) is 2.98. The highest BCUT2D eigenvalue weighted by atomic mass is 35.5. The second kappa shape index (κ2) is 11.7. The Morgan fingerprint density at radius 2 is 1.03 bits per heavy atom. The molecule has 0 fully saturated rings. The third kappa shape index (κ3) is 6.69. The van der Waals surface area contributed by atoms with Crippen LogP contribution in [0.1, 0.15) is 21.0 Å². The second-order valence-corrected chi connectivity index (χ2v) is 8.00. The first-order valence-electron chi connectivity index (χ1n) is 10.5. The summed E-state index contributed by atoms with van der Waals surface area (Å²) in [5.74, 6) is -1.13. The van der Waals surface area contributed by atoms with Crippen LogP contribution in [0, 0.1) is 0 Å². The number of hydrogen-bond donors (Lipinski definition) is 0. The summed E-state index contributed by atoms with van der Waals surface area (Å²) < 4.78 is 18.8.